The van der Waals surface area contributed by atoms with Gasteiger partial charge in [0.1, 0.15) is 22.3 Å². The number of pyridine rings is 1. The van der Waals surface area contributed by atoms with Crippen molar-refractivity contribution in [2.24, 2.45) is 0 Å². The van der Waals surface area contributed by atoms with E-state index in [1.54, 1.807) is 0 Å². The Bertz CT molecular complexity index is 3210. The molecular formula is C46H26N4O2. The lowest BCUT2D eigenvalue weighted by molar-refractivity contribution is 0.668. The van der Waals surface area contributed by atoms with Crippen LogP contribution in [0.3, 0.4) is 0 Å². The SMILES string of the molecule is c1ccc2cc(-c3nc(-c4cccc5c(-c6nccc7oc8ccccc8c67)cccc45)nc(-c4cccc5oc6ccccc6c45)n3)ccc2c1. The molecule has 0 saturated heterocycles. The number of para-hydroxylation sites is 2. The number of hydrogen-bond acceptors (Lipinski definition) is 6. The monoisotopic (exact) mass is 666 g/mol. The van der Waals surface area contributed by atoms with Crippen molar-refractivity contribution in [2.45, 2.75) is 0 Å². The topological polar surface area (TPSA) is 77.8 Å². The van der Waals surface area contributed by atoms with E-state index >= 15 is 0 Å². The third-order valence-corrected chi connectivity index (χ3v) is 9.99. The number of fused-ring (bicyclic) bond motifs is 8. The van der Waals surface area contributed by atoms with Gasteiger partial charge in [-0.1, -0.05) is 121 Å². The van der Waals surface area contributed by atoms with Crippen LogP contribution in [0, 0.1) is 0 Å². The first-order valence-electron chi connectivity index (χ1n) is 17.2. The van der Waals surface area contributed by atoms with Gasteiger partial charge in [0.05, 0.1) is 11.1 Å². The van der Waals surface area contributed by atoms with E-state index in [0.29, 0.717) is 17.5 Å². The first-order chi connectivity index (χ1) is 25.8. The Balaban J connectivity index is 1.17. The van der Waals surface area contributed by atoms with Gasteiger partial charge < -0.3 is 8.83 Å². The third-order valence-electron chi connectivity index (χ3n) is 9.99. The zero-order chi connectivity index (χ0) is 34.2. The normalized spacial score (nSPS) is 11.8. The maximum absolute atomic E-state index is 6.27. The molecule has 6 heteroatoms. The van der Waals surface area contributed by atoms with Crippen LogP contribution in [0.4, 0.5) is 0 Å². The summed E-state index contributed by atoms with van der Waals surface area (Å²) in [5.74, 6) is 1.76. The average molecular weight is 667 g/mol. The molecule has 0 fully saturated rings. The van der Waals surface area contributed by atoms with Gasteiger partial charge in [0, 0.05) is 44.6 Å². The van der Waals surface area contributed by atoms with Crippen molar-refractivity contribution in [1.29, 1.82) is 0 Å². The highest BCUT2D eigenvalue weighted by atomic mass is 16.3. The molecule has 0 aliphatic rings. The molecule has 0 aliphatic heterocycles. The van der Waals surface area contributed by atoms with Crippen LogP contribution in [0.2, 0.25) is 0 Å². The molecule has 7 aromatic carbocycles. The van der Waals surface area contributed by atoms with Crippen molar-refractivity contribution in [3.05, 3.63) is 158 Å². The van der Waals surface area contributed by atoms with E-state index < -0.39 is 0 Å². The van der Waals surface area contributed by atoms with Gasteiger partial charge in [-0.2, -0.15) is 0 Å². The molecule has 0 saturated carbocycles. The highest BCUT2D eigenvalue weighted by Gasteiger charge is 2.20. The smallest absolute Gasteiger partial charge is 0.164 e. The Morgan fingerprint density at radius 2 is 0.923 bits per heavy atom. The quantitative estimate of drug-likeness (QED) is 0.186. The first kappa shape index (κ1) is 28.6. The Hall–Kier alpha value is -7.18. The van der Waals surface area contributed by atoms with Crippen molar-refractivity contribution in [1.82, 2.24) is 19.9 Å². The first-order valence-corrected chi connectivity index (χ1v) is 17.2. The number of furan rings is 2. The summed E-state index contributed by atoms with van der Waals surface area (Å²) in [6.07, 6.45) is 1.82. The van der Waals surface area contributed by atoms with Crippen LogP contribution in [0.1, 0.15) is 0 Å². The van der Waals surface area contributed by atoms with Gasteiger partial charge in [-0.05, 0) is 51.9 Å². The second kappa shape index (κ2) is 11.2. The van der Waals surface area contributed by atoms with Crippen molar-refractivity contribution in [3.63, 3.8) is 0 Å². The van der Waals surface area contributed by atoms with Gasteiger partial charge in [-0.25, -0.2) is 15.0 Å². The molecular weight excluding hydrogens is 641 g/mol. The second-order valence-electron chi connectivity index (χ2n) is 13.0. The molecule has 11 aromatic rings. The maximum Gasteiger partial charge on any atom is 0.164 e. The van der Waals surface area contributed by atoms with E-state index in [0.717, 1.165) is 93.4 Å². The Morgan fingerprint density at radius 3 is 1.73 bits per heavy atom. The Morgan fingerprint density at radius 1 is 0.365 bits per heavy atom. The van der Waals surface area contributed by atoms with E-state index in [4.69, 9.17) is 28.8 Å². The minimum absolute atomic E-state index is 0.578. The fraction of sp³-hybridized carbons (Fsp3) is 0. The lowest BCUT2D eigenvalue weighted by Crippen LogP contribution is -2.01. The number of nitrogens with zero attached hydrogens (tertiary/aromatic N) is 4. The minimum atomic E-state index is 0.578. The average Bonchev–Trinajstić information content (AvgIpc) is 3.79. The molecule has 0 atom stereocenters. The van der Waals surface area contributed by atoms with E-state index in [9.17, 15) is 0 Å². The largest absolute Gasteiger partial charge is 0.456 e. The molecule has 0 N–H and O–H groups in total. The summed E-state index contributed by atoms with van der Waals surface area (Å²) in [7, 11) is 0. The molecule has 4 aromatic heterocycles. The van der Waals surface area contributed by atoms with Crippen LogP contribution in [-0.4, -0.2) is 19.9 Å². The summed E-state index contributed by atoms with van der Waals surface area (Å²) < 4.78 is 12.5. The predicted molar refractivity (Wildman–Crippen MR) is 209 cm³/mol. The highest BCUT2D eigenvalue weighted by Crippen LogP contribution is 2.41. The van der Waals surface area contributed by atoms with Gasteiger partial charge in [0.2, 0.25) is 0 Å². The number of benzene rings is 7. The van der Waals surface area contributed by atoms with E-state index in [1.807, 2.05) is 60.8 Å². The minimum Gasteiger partial charge on any atom is -0.456 e. The third kappa shape index (κ3) is 4.38. The molecule has 4 heterocycles. The molecule has 52 heavy (non-hydrogen) atoms. The van der Waals surface area contributed by atoms with Crippen LogP contribution in [0.15, 0.2) is 167 Å². The summed E-state index contributed by atoms with van der Waals surface area (Å²) in [5.41, 5.74) is 7.84. The summed E-state index contributed by atoms with van der Waals surface area (Å²) in [6, 6.07) is 51.5. The van der Waals surface area contributed by atoms with Gasteiger partial charge in [0.25, 0.3) is 0 Å². The van der Waals surface area contributed by atoms with Crippen molar-refractivity contribution in [3.8, 4) is 45.4 Å². The van der Waals surface area contributed by atoms with Gasteiger partial charge in [-0.15, -0.1) is 0 Å². The Kier molecular flexibility index (Phi) is 6.15. The van der Waals surface area contributed by atoms with Crippen LogP contribution in [0.25, 0.3) is 111 Å². The highest BCUT2D eigenvalue weighted by molar-refractivity contribution is 6.15. The summed E-state index contributed by atoms with van der Waals surface area (Å²) in [6.45, 7) is 0. The van der Waals surface area contributed by atoms with Crippen LogP contribution in [-0.2, 0) is 0 Å². The second-order valence-corrected chi connectivity index (χ2v) is 13.0. The predicted octanol–water partition coefficient (Wildman–Crippen LogP) is 12.0. The fourth-order valence-electron chi connectivity index (χ4n) is 7.62. The Labute approximate surface area is 296 Å². The van der Waals surface area contributed by atoms with Crippen LogP contribution < -0.4 is 0 Å². The van der Waals surface area contributed by atoms with Gasteiger partial charge >= 0.3 is 0 Å². The molecule has 0 aliphatic carbocycles. The number of rotatable bonds is 4. The summed E-state index contributed by atoms with van der Waals surface area (Å²) in [5, 5.41) is 8.37. The van der Waals surface area contributed by atoms with E-state index in [2.05, 4.69) is 97.1 Å². The fourth-order valence-corrected chi connectivity index (χ4v) is 7.62. The zero-order valence-corrected chi connectivity index (χ0v) is 27.6. The molecule has 0 bridgehead atoms. The zero-order valence-electron chi connectivity index (χ0n) is 27.6. The van der Waals surface area contributed by atoms with Crippen LogP contribution >= 0.6 is 0 Å². The molecule has 0 unspecified atom stereocenters. The van der Waals surface area contributed by atoms with Crippen molar-refractivity contribution in [2.75, 3.05) is 0 Å². The molecule has 11 rings (SSSR count). The summed E-state index contributed by atoms with van der Waals surface area (Å²) >= 11 is 0. The molecule has 6 nitrogen and oxygen atoms in total. The molecule has 0 radical (unpaired) electrons. The number of aromatic nitrogens is 4. The van der Waals surface area contributed by atoms with E-state index in [1.165, 1.54) is 0 Å². The van der Waals surface area contributed by atoms with Gasteiger partial charge in [-0.3, -0.25) is 4.98 Å². The number of hydrogen-bond donors (Lipinski definition) is 0. The molecule has 0 amide bonds. The molecule has 0 spiro atoms. The molecule has 242 valence electrons. The standard InChI is InChI=1S/C46H26N4O2/c1-2-11-28-26-29(23-22-27(28)10-1)44-48-45(50-46(49-44)36-18-9-21-39-41(36)34-12-3-5-19-37(34)51-39)33-17-8-14-30-31(33)15-7-16-32(30)43-42-35-13-4-6-20-38(35)52-40(42)24-25-47-43/h1-26H. The van der Waals surface area contributed by atoms with Gasteiger partial charge in [0.15, 0.2) is 17.5 Å². The van der Waals surface area contributed by atoms with Crippen molar-refractivity contribution < 1.29 is 8.83 Å². The van der Waals surface area contributed by atoms with Crippen molar-refractivity contribution >= 4 is 65.4 Å². The lowest BCUT2D eigenvalue weighted by Gasteiger charge is -2.13. The van der Waals surface area contributed by atoms with E-state index in [-0.39, 0.29) is 0 Å². The van der Waals surface area contributed by atoms with Crippen LogP contribution in [0.5, 0.6) is 0 Å². The lowest BCUT2D eigenvalue weighted by atomic mass is 9.95. The summed E-state index contributed by atoms with van der Waals surface area (Å²) in [4.78, 5) is 20.5. The maximum atomic E-state index is 6.27.